The molecule has 0 unspecified atom stereocenters. The minimum absolute atomic E-state index is 0.00407. The summed E-state index contributed by atoms with van der Waals surface area (Å²) in [5.41, 5.74) is 3.15. The number of hydrogen-bond acceptors (Lipinski definition) is 5. The van der Waals surface area contributed by atoms with Gasteiger partial charge in [-0.25, -0.2) is 0 Å². The second-order valence-corrected chi connectivity index (χ2v) is 5.99. The molecule has 1 aliphatic rings. The highest BCUT2D eigenvalue weighted by atomic mass is 35.5. The van der Waals surface area contributed by atoms with Crippen molar-refractivity contribution in [2.75, 3.05) is 18.5 Å². The molecular weight excluding hydrogens is 356 g/mol. The van der Waals surface area contributed by atoms with E-state index in [0.717, 1.165) is 24.1 Å². The summed E-state index contributed by atoms with van der Waals surface area (Å²) in [5.74, 6) is 0. The van der Waals surface area contributed by atoms with Crippen molar-refractivity contribution >= 4 is 40.6 Å². The van der Waals surface area contributed by atoms with E-state index in [4.69, 9.17) is 11.6 Å². The number of non-ortho nitro benzene ring substituents is 1. The van der Waals surface area contributed by atoms with Crippen LogP contribution in [0.1, 0.15) is 22.3 Å². The van der Waals surface area contributed by atoms with Crippen LogP contribution in [-0.4, -0.2) is 31.1 Å². The van der Waals surface area contributed by atoms with Crippen molar-refractivity contribution in [2.24, 2.45) is 0 Å². The van der Waals surface area contributed by atoms with Crippen molar-refractivity contribution in [1.82, 2.24) is 0 Å². The van der Waals surface area contributed by atoms with Crippen LogP contribution >= 0.6 is 11.6 Å². The van der Waals surface area contributed by atoms with Crippen molar-refractivity contribution in [3.8, 4) is 0 Å². The van der Waals surface area contributed by atoms with Gasteiger partial charge in [-0.05, 0) is 24.6 Å². The van der Waals surface area contributed by atoms with Crippen LogP contribution in [0.3, 0.4) is 0 Å². The largest absolute Gasteiger partial charge is 0.374 e. The molecule has 26 heavy (non-hydrogen) atoms. The SMILES string of the molecule is CN1CCC(C=O)=C(Cl)c2ccccc21.O=Cc1ccc([N+](=O)[O-])cc1. The van der Waals surface area contributed by atoms with E-state index in [1.807, 2.05) is 31.3 Å². The van der Waals surface area contributed by atoms with Gasteiger partial charge >= 0.3 is 0 Å². The van der Waals surface area contributed by atoms with E-state index in [2.05, 4.69) is 4.90 Å². The summed E-state index contributed by atoms with van der Waals surface area (Å²) in [6.45, 7) is 0.821. The van der Waals surface area contributed by atoms with E-state index in [1.165, 1.54) is 24.3 Å². The number of para-hydroxylation sites is 1. The lowest BCUT2D eigenvalue weighted by Gasteiger charge is -2.18. The molecule has 2 aromatic carbocycles. The van der Waals surface area contributed by atoms with Gasteiger partial charge in [-0.15, -0.1) is 0 Å². The van der Waals surface area contributed by atoms with Crippen LogP contribution in [0.2, 0.25) is 0 Å². The molecular formula is C19H17ClN2O4. The number of benzene rings is 2. The third-order valence-corrected chi connectivity index (χ3v) is 4.38. The second kappa shape index (κ2) is 8.92. The van der Waals surface area contributed by atoms with Gasteiger partial charge in [0.25, 0.3) is 5.69 Å². The zero-order valence-corrected chi connectivity index (χ0v) is 14.8. The van der Waals surface area contributed by atoms with Crippen LogP contribution in [0.25, 0.3) is 5.03 Å². The molecule has 134 valence electrons. The maximum Gasteiger partial charge on any atom is 0.269 e. The first-order valence-electron chi connectivity index (χ1n) is 7.82. The third kappa shape index (κ3) is 4.55. The van der Waals surface area contributed by atoms with Crippen molar-refractivity contribution in [2.45, 2.75) is 6.42 Å². The Morgan fingerprint density at radius 3 is 2.31 bits per heavy atom. The fraction of sp³-hybridized carbons (Fsp3) is 0.158. The Kier molecular flexibility index (Phi) is 6.63. The number of halogens is 1. The highest BCUT2D eigenvalue weighted by Gasteiger charge is 2.17. The van der Waals surface area contributed by atoms with Crippen LogP contribution < -0.4 is 4.90 Å². The Morgan fingerprint density at radius 1 is 1.08 bits per heavy atom. The molecule has 0 aromatic heterocycles. The number of hydrogen-bond donors (Lipinski definition) is 0. The van der Waals surface area contributed by atoms with Crippen molar-refractivity contribution in [3.63, 3.8) is 0 Å². The van der Waals surface area contributed by atoms with Gasteiger partial charge in [0.1, 0.15) is 12.6 Å². The average Bonchev–Trinajstić information content (AvgIpc) is 2.79. The number of carbonyl (C=O) groups excluding carboxylic acids is 2. The average molecular weight is 373 g/mol. The molecule has 0 N–H and O–H groups in total. The zero-order chi connectivity index (χ0) is 19.1. The van der Waals surface area contributed by atoms with Crippen molar-refractivity contribution < 1.29 is 14.5 Å². The summed E-state index contributed by atoms with van der Waals surface area (Å²) >= 11 is 6.20. The van der Waals surface area contributed by atoms with E-state index < -0.39 is 4.92 Å². The Balaban J connectivity index is 0.000000197. The Bertz CT molecular complexity index is 847. The normalized spacial score (nSPS) is 13.1. The lowest BCUT2D eigenvalue weighted by molar-refractivity contribution is -0.384. The molecule has 0 radical (unpaired) electrons. The lowest BCUT2D eigenvalue weighted by Crippen LogP contribution is -2.18. The first-order chi connectivity index (χ1) is 12.5. The number of nitrogens with zero attached hydrogens (tertiary/aromatic N) is 2. The number of anilines is 1. The molecule has 1 aliphatic heterocycles. The van der Waals surface area contributed by atoms with Crippen LogP contribution in [-0.2, 0) is 4.79 Å². The smallest absolute Gasteiger partial charge is 0.269 e. The van der Waals surface area contributed by atoms with E-state index in [9.17, 15) is 19.7 Å². The minimum Gasteiger partial charge on any atom is -0.374 e. The van der Waals surface area contributed by atoms with Gasteiger partial charge in [0, 0.05) is 48.1 Å². The number of carbonyl (C=O) groups is 2. The number of nitro benzene ring substituents is 1. The monoisotopic (exact) mass is 372 g/mol. The molecule has 0 atom stereocenters. The molecule has 0 spiro atoms. The summed E-state index contributed by atoms with van der Waals surface area (Å²) in [6, 6.07) is 13.3. The van der Waals surface area contributed by atoms with E-state index in [0.29, 0.717) is 28.9 Å². The highest BCUT2D eigenvalue weighted by molar-refractivity contribution is 6.51. The molecule has 0 saturated heterocycles. The van der Waals surface area contributed by atoms with Gasteiger partial charge in [-0.1, -0.05) is 29.8 Å². The van der Waals surface area contributed by atoms with E-state index in [1.54, 1.807) is 0 Å². The first kappa shape index (κ1) is 19.3. The van der Waals surface area contributed by atoms with Gasteiger partial charge in [0.2, 0.25) is 0 Å². The molecule has 2 aromatic rings. The summed E-state index contributed by atoms with van der Waals surface area (Å²) < 4.78 is 0. The summed E-state index contributed by atoms with van der Waals surface area (Å²) in [6.07, 6.45) is 2.20. The highest BCUT2D eigenvalue weighted by Crippen LogP contribution is 2.34. The Morgan fingerprint density at radius 2 is 1.73 bits per heavy atom. The van der Waals surface area contributed by atoms with Crippen LogP contribution in [0.15, 0.2) is 54.1 Å². The number of fused-ring (bicyclic) bond motifs is 1. The Labute approximate surface area is 155 Å². The molecule has 1 heterocycles. The quantitative estimate of drug-likeness (QED) is 0.460. The maximum atomic E-state index is 10.9. The molecule has 6 nitrogen and oxygen atoms in total. The summed E-state index contributed by atoms with van der Waals surface area (Å²) in [4.78, 5) is 32.7. The molecule has 0 bridgehead atoms. The number of aldehydes is 2. The standard InChI is InChI=1S/C12H12ClNO.C7H5NO3/c1-14-7-6-9(8-15)12(13)10-4-2-3-5-11(10)14;9-5-6-1-3-7(4-2-6)8(10)11/h2-5,8H,6-7H2,1H3;1-5H. The lowest BCUT2D eigenvalue weighted by atomic mass is 10.1. The summed E-state index contributed by atoms with van der Waals surface area (Å²) in [7, 11) is 2.01. The third-order valence-electron chi connectivity index (χ3n) is 3.93. The first-order valence-corrected chi connectivity index (χ1v) is 8.19. The molecule has 0 fully saturated rings. The van der Waals surface area contributed by atoms with Crippen LogP contribution in [0.4, 0.5) is 11.4 Å². The predicted molar refractivity (Wildman–Crippen MR) is 102 cm³/mol. The Hall–Kier alpha value is -2.99. The molecule has 0 aliphatic carbocycles. The zero-order valence-electron chi connectivity index (χ0n) is 14.1. The van der Waals surface area contributed by atoms with Crippen LogP contribution in [0, 0.1) is 10.1 Å². The molecule has 0 amide bonds. The van der Waals surface area contributed by atoms with Crippen LogP contribution in [0.5, 0.6) is 0 Å². The number of nitro groups is 1. The fourth-order valence-electron chi connectivity index (χ4n) is 2.47. The maximum absolute atomic E-state index is 10.9. The molecule has 3 rings (SSSR count). The van der Waals surface area contributed by atoms with Gasteiger partial charge in [-0.2, -0.15) is 0 Å². The topological polar surface area (TPSA) is 80.5 Å². The van der Waals surface area contributed by atoms with E-state index in [-0.39, 0.29) is 5.69 Å². The predicted octanol–water partition coefficient (Wildman–Crippen LogP) is 4.08. The number of rotatable bonds is 3. The van der Waals surface area contributed by atoms with Crippen molar-refractivity contribution in [3.05, 3.63) is 75.3 Å². The minimum atomic E-state index is -0.505. The molecule has 0 saturated carbocycles. The fourth-order valence-corrected chi connectivity index (χ4v) is 2.77. The van der Waals surface area contributed by atoms with Gasteiger partial charge in [-0.3, -0.25) is 19.7 Å². The molecule has 7 heteroatoms. The van der Waals surface area contributed by atoms with Gasteiger partial charge in [0.15, 0.2) is 0 Å². The van der Waals surface area contributed by atoms with Gasteiger partial charge in [0.05, 0.1) is 9.96 Å². The van der Waals surface area contributed by atoms with Gasteiger partial charge < -0.3 is 4.90 Å². The second-order valence-electron chi connectivity index (χ2n) is 5.61. The summed E-state index contributed by atoms with van der Waals surface area (Å²) in [5, 5.41) is 10.7. The van der Waals surface area contributed by atoms with E-state index >= 15 is 0 Å². The van der Waals surface area contributed by atoms with Crippen molar-refractivity contribution in [1.29, 1.82) is 0 Å².